The molecule has 2 atom stereocenters. The number of nitrogens with two attached hydrogens (primary N) is 1. The predicted molar refractivity (Wildman–Crippen MR) is 61.4 cm³/mol. The molecule has 1 nitrogen and oxygen atoms in total. The first-order valence-electron chi connectivity index (χ1n) is 5.26. The van der Waals surface area contributed by atoms with Gasteiger partial charge in [0.2, 0.25) is 0 Å². The highest BCUT2D eigenvalue weighted by molar-refractivity contribution is 7.99. The van der Waals surface area contributed by atoms with Gasteiger partial charge in [0, 0.05) is 5.54 Å². The molecule has 2 heteroatoms. The molecule has 2 aliphatic rings. The molecule has 2 N–H and O–H groups in total. The van der Waals surface area contributed by atoms with Crippen LogP contribution in [-0.4, -0.2) is 11.5 Å². The van der Waals surface area contributed by atoms with Crippen molar-refractivity contribution >= 4 is 11.8 Å². The molecule has 0 saturated carbocycles. The van der Waals surface area contributed by atoms with Crippen molar-refractivity contribution in [2.45, 2.75) is 18.4 Å². The van der Waals surface area contributed by atoms with E-state index in [1.807, 2.05) is 0 Å². The van der Waals surface area contributed by atoms with Crippen LogP contribution in [0.2, 0.25) is 0 Å². The lowest BCUT2D eigenvalue weighted by Crippen LogP contribution is -2.45. The molecule has 1 saturated heterocycles. The Morgan fingerprint density at radius 2 is 2.21 bits per heavy atom. The molecule has 1 aromatic carbocycles. The lowest BCUT2D eigenvalue weighted by Gasteiger charge is -2.36. The van der Waals surface area contributed by atoms with Crippen LogP contribution >= 0.6 is 11.8 Å². The van der Waals surface area contributed by atoms with Crippen LogP contribution < -0.4 is 5.73 Å². The van der Waals surface area contributed by atoms with E-state index in [9.17, 15) is 0 Å². The number of thioether (sulfide) groups is 1. The molecule has 1 aromatic rings. The van der Waals surface area contributed by atoms with Crippen LogP contribution in [0.4, 0.5) is 0 Å². The van der Waals surface area contributed by atoms with Gasteiger partial charge in [-0.2, -0.15) is 11.8 Å². The van der Waals surface area contributed by atoms with Crippen molar-refractivity contribution in [2.75, 3.05) is 11.5 Å². The van der Waals surface area contributed by atoms with E-state index in [-0.39, 0.29) is 5.54 Å². The van der Waals surface area contributed by atoms with Crippen molar-refractivity contribution in [3.63, 3.8) is 0 Å². The molecule has 1 aliphatic heterocycles. The number of rotatable bonds is 0. The molecule has 0 spiro atoms. The van der Waals surface area contributed by atoms with E-state index in [0.717, 1.165) is 6.42 Å². The quantitative estimate of drug-likeness (QED) is 0.702. The lowest BCUT2D eigenvalue weighted by molar-refractivity contribution is 0.313. The Hall–Kier alpha value is -0.470. The van der Waals surface area contributed by atoms with Crippen LogP contribution in [-0.2, 0) is 12.0 Å². The molecule has 0 amide bonds. The number of hydrogen-bond donors (Lipinski definition) is 1. The summed E-state index contributed by atoms with van der Waals surface area (Å²) in [5.41, 5.74) is 9.47. The van der Waals surface area contributed by atoms with Gasteiger partial charge in [-0.3, -0.25) is 0 Å². The molecule has 0 radical (unpaired) electrons. The fraction of sp³-hybridized carbons (Fsp3) is 0.500. The largest absolute Gasteiger partial charge is 0.321 e. The second-order valence-electron chi connectivity index (χ2n) is 4.42. The smallest absolute Gasteiger partial charge is 0.0459 e. The minimum atomic E-state index is 0.00183. The van der Waals surface area contributed by atoms with E-state index >= 15 is 0 Å². The molecule has 1 heterocycles. The van der Waals surface area contributed by atoms with Gasteiger partial charge < -0.3 is 5.73 Å². The van der Waals surface area contributed by atoms with Gasteiger partial charge in [-0.1, -0.05) is 24.3 Å². The monoisotopic (exact) mass is 205 g/mol. The first-order valence-corrected chi connectivity index (χ1v) is 6.41. The summed E-state index contributed by atoms with van der Waals surface area (Å²) in [5, 5.41) is 0. The molecule has 14 heavy (non-hydrogen) atoms. The average molecular weight is 205 g/mol. The molecule has 0 unspecified atom stereocenters. The van der Waals surface area contributed by atoms with Crippen molar-refractivity contribution in [2.24, 2.45) is 11.7 Å². The molecule has 74 valence electrons. The maximum Gasteiger partial charge on any atom is 0.0459 e. The average Bonchev–Trinajstić information content (AvgIpc) is 2.51. The van der Waals surface area contributed by atoms with Crippen molar-refractivity contribution < 1.29 is 0 Å². The summed E-state index contributed by atoms with van der Waals surface area (Å²) in [6, 6.07) is 8.72. The van der Waals surface area contributed by atoms with E-state index in [1.165, 1.54) is 29.1 Å². The fourth-order valence-corrected chi connectivity index (χ4v) is 4.18. The van der Waals surface area contributed by atoms with Crippen LogP contribution in [0.25, 0.3) is 0 Å². The lowest BCUT2D eigenvalue weighted by atomic mass is 9.83. The number of fused-ring (bicyclic) bond motifs is 3. The topological polar surface area (TPSA) is 26.0 Å². The van der Waals surface area contributed by atoms with E-state index < -0.39 is 0 Å². The van der Waals surface area contributed by atoms with Crippen molar-refractivity contribution in [3.05, 3.63) is 35.4 Å². The Kier molecular flexibility index (Phi) is 1.89. The van der Waals surface area contributed by atoms with E-state index in [2.05, 4.69) is 36.0 Å². The van der Waals surface area contributed by atoms with Gasteiger partial charge in [0.25, 0.3) is 0 Å². The molecular formula is C12H15NS. The maximum atomic E-state index is 6.56. The molecule has 1 fully saturated rings. The molecule has 0 aromatic heterocycles. The van der Waals surface area contributed by atoms with Gasteiger partial charge in [0.15, 0.2) is 0 Å². The summed E-state index contributed by atoms with van der Waals surface area (Å²) in [7, 11) is 0. The zero-order valence-electron chi connectivity index (χ0n) is 8.20. The van der Waals surface area contributed by atoms with Crippen LogP contribution in [0.5, 0.6) is 0 Å². The highest BCUT2D eigenvalue weighted by atomic mass is 32.2. The Morgan fingerprint density at radius 3 is 3.14 bits per heavy atom. The molecule has 3 rings (SSSR count). The summed E-state index contributed by atoms with van der Waals surface area (Å²) in [4.78, 5) is 0. The fourth-order valence-electron chi connectivity index (χ4n) is 2.83. The predicted octanol–water partition coefficient (Wildman–Crippen LogP) is 2.15. The van der Waals surface area contributed by atoms with Crippen LogP contribution in [0.1, 0.15) is 17.5 Å². The van der Waals surface area contributed by atoms with Crippen LogP contribution in [0.15, 0.2) is 24.3 Å². The number of hydrogen-bond acceptors (Lipinski definition) is 2. The Balaban J connectivity index is 2.10. The zero-order chi connectivity index (χ0) is 9.60. The highest BCUT2D eigenvalue weighted by Gasteiger charge is 2.44. The van der Waals surface area contributed by atoms with Crippen LogP contribution in [0.3, 0.4) is 0 Å². The van der Waals surface area contributed by atoms with Crippen molar-refractivity contribution in [1.82, 2.24) is 0 Å². The zero-order valence-corrected chi connectivity index (χ0v) is 9.02. The minimum Gasteiger partial charge on any atom is -0.321 e. The normalized spacial score (nSPS) is 35.1. The minimum absolute atomic E-state index is 0.00183. The first-order chi connectivity index (χ1) is 6.81. The van der Waals surface area contributed by atoms with Crippen molar-refractivity contribution in [1.29, 1.82) is 0 Å². The Bertz CT molecular complexity index is 363. The molecule has 0 bridgehead atoms. The standard InChI is InChI=1S/C12H15NS/c13-12-5-6-14-8-10(12)7-9-3-1-2-4-11(9)12/h1-4,10H,5-8,13H2/t10-,12-/m1/s1. The molecule has 1 aliphatic carbocycles. The number of benzene rings is 1. The van der Waals surface area contributed by atoms with Crippen molar-refractivity contribution in [3.8, 4) is 0 Å². The summed E-state index contributed by atoms with van der Waals surface area (Å²) in [5.74, 6) is 3.14. The second kappa shape index (κ2) is 3.01. The third kappa shape index (κ3) is 1.07. The SMILES string of the molecule is N[C@]12CCSC[C@H]1Cc1ccccc12. The van der Waals surface area contributed by atoms with Crippen LogP contribution in [0, 0.1) is 5.92 Å². The third-order valence-electron chi connectivity index (χ3n) is 3.69. The van der Waals surface area contributed by atoms with Gasteiger partial charge in [0.1, 0.15) is 0 Å². The van der Waals surface area contributed by atoms with E-state index in [0.29, 0.717) is 5.92 Å². The summed E-state index contributed by atoms with van der Waals surface area (Å²) in [6.45, 7) is 0. The Labute approximate surface area is 89.1 Å². The van der Waals surface area contributed by atoms with Gasteiger partial charge in [-0.05, 0) is 41.4 Å². The first kappa shape index (κ1) is 8.81. The van der Waals surface area contributed by atoms with E-state index in [1.54, 1.807) is 0 Å². The second-order valence-corrected chi connectivity index (χ2v) is 5.57. The third-order valence-corrected chi connectivity index (χ3v) is 4.82. The highest BCUT2D eigenvalue weighted by Crippen LogP contribution is 2.46. The maximum absolute atomic E-state index is 6.56. The molecular weight excluding hydrogens is 190 g/mol. The van der Waals surface area contributed by atoms with E-state index in [4.69, 9.17) is 5.73 Å². The summed E-state index contributed by atoms with van der Waals surface area (Å²) in [6.07, 6.45) is 2.35. The summed E-state index contributed by atoms with van der Waals surface area (Å²) < 4.78 is 0. The van der Waals surface area contributed by atoms with Gasteiger partial charge >= 0.3 is 0 Å². The van der Waals surface area contributed by atoms with Gasteiger partial charge in [-0.15, -0.1) is 0 Å². The van der Waals surface area contributed by atoms with Gasteiger partial charge in [0.05, 0.1) is 0 Å². The Morgan fingerprint density at radius 1 is 1.36 bits per heavy atom. The van der Waals surface area contributed by atoms with Gasteiger partial charge in [-0.25, -0.2) is 0 Å². The summed E-state index contributed by atoms with van der Waals surface area (Å²) >= 11 is 2.06.